The Balaban J connectivity index is 2.08. The molecule has 0 aromatic heterocycles. The lowest BCUT2D eigenvalue weighted by atomic mass is 10.0. The minimum Gasteiger partial charge on any atom is -0.354 e. The second-order valence-corrected chi connectivity index (χ2v) is 7.63. The van der Waals surface area contributed by atoms with Gasteiger partial charge >= 0.3 is 0 Å². The second kappa shape index (κ2) is 5.30. The van der Waals surface area contributed by atoms with Crippen molar-refractivity contribution in [2.24, 2.45) is 0 Å². The van der Waals surface area contributed by atoms with E-state index in [9.17, 15) is 4.21 Å². The molecule has 110 valence electrons. The third-order valence-corrected chi connectivity index (χ3v) is 5.50. The van der Waals surface area contributed by atoms with Crippen molar-refractivity contribution in [1.29, 1.82) is 0 Å². The van der Waals surface area contributed by atoms with Crippen molar-refractivity contribution in [3.63, 3.8) is 0 Å². The average Bonchev–Trinajstić information content (AvgIpc) is 2.46. The molecular weight excluding hydrogens is 278 g/mol. The van der Waals surface area contributed by atoms with Gasteiger partial charge in [0, 0.05) is 0 Å². The van der Waals surface area contributed by atoms with Crippen molar-refractivity contribution in [1.82, 2.24) is 0 Å². The van der Waals surface area contributed by atoms with E-state index >= 15 is 0 Å². The van der Waals surface area contributed by atoms with E-state index in [4.69, 9.17) is 0 Å². The maximum Gasteiger partial charge on any atom is 0.0892 e. The highest BCUT2D eigenvalue weighted by Gasteiger charge is 2.23. The first-order valence-corrected chi connectivity index (χ1v) is 8.59. The number of hydrogen-bond acceptors (Lipinski definition) is 2. The molecular formula is C18H21NOS. The summed E-state index contributed by atoms with van der Waals surface area (Å²) in [6.07, 6.45) is 0. The summed E-state index contributed by atoms with van der Waals surface area (Å²) in [5.41, 5.74) is 4.43. The first-order valence-electron chi connectivity index (χ1n) is 7.44. The quantitative estimate of drug-likeness (QED) is 0.708. The highest BCUT2D eigenvalue weighted by Crippen LogP contribution is 2.39. The fourth-order valence-electron chi connectivity index (χ4n) is 2.58. The first-order chi connectivity index (χ1) is 9.97. The van der Waals surface area contributed by atoms with Gasteiger partial charge in [-0.3, -0.25) is 0 Å². The van der Waals surface area contributed by atoms with E-state index in [2.05, 4.69) is 57.3 Å². The Bertz CT molecular complexity index is 719. The number of fused-ring (bicyclic) bond motifs is 2. The predicted octanol–water partition coefficient (Wildman–Crippen LogP) is 5.16. The summed E-state index contributed by atoms with van der Waals surface area (Å²) in [4.78, 5) is 1.78. The van der Waals surface area contributed by atoms with Crippen LogP contribution in [0, 0.1) is 0 Å². The lowest BCUT2D eigenvalue weighted by Gasteiger charge is -2.23. The molecule has 0 aliphatic carbocycles. The average molecular weight is 299 g/mol. The molecule has 1 N–H and O–H groups in total. The van der Waals surface area contributed by atoms with Crippen molar-refractivity contribution in [3.8, 4) is 0 Å². The largest absolute Gasteiger partial charge is 0.354 e. The maximum absolute atomic E-state index is 12.8. The molecule has 21 heavy (non-hydrogen) atoms. The standard InChI is InChI=1S/C18H21NOS/c1-11(2)13-6-8-17-16(9-13)19-15-7-5-14(12(3)4)10-18(15)21(17)20/h5-12,19H,1-4H3. The summed E-state index contributed by atoms with van der Waals surface area (Å²) in [6, 6.07) is 12.4. The van der Waals surface area contributed by atoms with Crippen LogP contribution in [0.2, 0.25) is 0 Å². The van der Waals surface area contributed by atoms with Gasteiger partial charge in [0.1, 0.15) is 0 Å². The number of benzene rings is 2. The van der Waals surface area contributed by atoms with Crippen molar-refractivity contribution >= 4 is 22.2 Å². The molecule has 0 radical (unpaired) electrons. The van der Waals surface area contributed by atoms with Gasteiger partial charge in [-0.05, 0) is 47.2 Å². The molecule has 3 rings (SSSR count). The van der Waals surface area contributed by atoms with Crippen molar-refractivity contribution in [2.75, 3.05) is 5.32 Å². The molecule has 0 fully saturated rings. The lowest BCUT2D eigenvalue weighted by molar-refractivity contribution is 0.682. The Morgan fingerprint density at radius 1 is 0.810 bits per heavy atom. The number of rotatable bonds is 2. The van der Waals surface area contributed by atoms with Gasteiger partial charge in [-0.25, -0.2) is 4.21 Å². The Morgan fingerprint density at radius 3 is 2.10 bits per heavy atom. The van der Waals surface area contributed by atoms with Crippen LogP contribution in [0.4, 0.5) is 11.4 Å². The number of anilines is 2. The van der Waals surface area contributed by atoms with E-state index in [-0.39, 0.29) is 0 Å². The van der Waals surface area contributed by atoms with Crippen LogP contribution in [0.1, 0.15) is 50.7 Å². The zero-order valence-electron chi connectivity index (χ0n) is 12.9. The molecule has 2 aromatic rings. The summed E-state index contributed by atoms with van der Waals surface area (Å²) < 4.78 is 12.8. The monoisotopic (exact) mass is 299 g/mol. The van der Waals surface area contributed by atoms with E-state index in [0.717, 1.165) is 21.2 Å². The second-order valence-electron chi connectivity index (χ2n) is 6.21. The zero-order chi connectivity index (χ0) is 15.1. The highest BCUT2D eigenvalue weighted by atomic mass is 32.2. The van der Waals surface area contributed by atoms with E-state index in [1.807, 2.05) is 12.1 Å². The van der Waals surface area contributed by atoms with Gasteiger partial charge in [-0.2, -0.15) is 0 Å². The molecule has 3 heteroatoms. The number of hydrogen-bond donors (Lipinski definition) is 1. The van der Waals surface area contributed by atoms with Crippen LogP contribution in [0.5, 0.6) is 0 Å². The van der Waals surface area contributed by atoms with Gasteiger partial charge in [0.15, 0.2) is 0 Å². The van der Waals surface area contributed by atoms with Gasteiger partial charge in [-0.15, -0.1) is 0 Å². The van der Waals surface area contributed by atoms with Crippen LogP contribution >= 0.6 is 0 Å². The zero-order valence-corrected chi connectivity index (χ0v) is 13.8. The Morgan fingerprint density at radius 2 is 1.43 bits per heavy atom. The van der Waals surface area contributed by atoms with Crippen LogP contribution in [0.15, 0.2) is 46.2 Å². The van der Waals surface area contributed by atoms with Crippen molar-refractivity contribution in [3.05, 3.63) is 47.5 Å². The van der Waals surface area contributed by atoms with Crippen molar-refractivity contribution in [2.45, 2.75) is 49.3 Å². The summed E-state index contributed by atoms with van der Waals surface area (Å²) in [5.74, 6) is 0.910. The van der Waals surface area contributed by atoms with Gasteiger partial charge in [0.05, 0.1) is 32.0 Å². The molecule has 1 atom stereocenters. The number of nitrogens with one attached hydrogen (secondary N) is 1. The lowest BCUT2D eigenvalue weighted by Crippen LogP contribution is -2.10. The first kappa shape index (κ1) is 14.3. The van der Waals surface area contributed by atoms with Gasteiger partial charge in [0.25, 0.3) is 0 Å². The van der Waals surface area contributed by atoms with Gasteiger partial charge in [0.2, 0.25) is 0 Å². The Hall–Kier alpha value is -1.61. The molecule has 0 saturated heterocycles. The van der Waals surface area contributed by atoms with E-state index in [1.165, 1.54) is 11.1 Å². The predicted molar refractivity (Wildman–Crippen MR) is 89.0 cm³/mol. The fourth-order valence-corrected chi connectivity index (χ4v) is 3.88. The third kappa shape index (κ3) is 2.51. The molecule has 1 aliphatic rings. The molecule has 1 aliphatic heterocycles. The van der Waals surface area contributed by atoms with Crippen LogP contribution in [0.25, 0.3) is 0 Å². The summed E-state index contributed by atoms with van der Waals surface area (Å²) >= 11 is 0. The minimum absolute atomic E-state index is 0.442. The fraction of sp³-hybridized carbons (Fsp3) is 0.333. The van der Waals surface area contributed by atoms with Gasteiger partial charge < -0.3 is 5.32 Å². The molecule has 0 saturated carbocycles. The summed E-state index contributed by atoms with van der Waals surface area (Å²) in [7, 11) is -1.10. The summed E-state index contributed by atoms with van der Waals surface area (Å²) in [5, 5.41) is 3.44. The minimum atomic E-state index is -1.10. The highest BCUT2D eigenvalue weighted by molar-refractivity contribution is 7.85. The molecule has 0 amide bonds. The van der Waals surface area contributed by atoms with Gasteiger partial charge in [-0.1, -0.05) is 39.8 Å². The third-order valence-electron chi connectivity index (χ3n) is 4.01. The Labute approximate surface area is 129 Å². The SMILES string of the molecule is CC(C)c1ccc2c(c1)Nc1ccc(C(C)C)cc1S2=O. The van der Waals surface area contributed by atoms with Crippen LogP contribution in [-0.4, -0.2) is 4.21 Å². The molecule has 1 unspecified atom stereocenters. The molecule has 2 aromatic carbocycles. The maximum atomic E-state index is 12.8. The van der Waals surface area contributed by atoms with E-state index in [1.54, 1.807) is 0 Å². The van der Waals surface area contributed by atoms with Crippen LogP contribution in [0.3, 0.4) is 0 Å². The van der Waals surface area contributed by atoms with Crippen LogP contribution < -0.4 is 5.32 Å². The van der Waals surface area contributed by atoms with Crippen LogP contribution in [-0.2, 0) is 10.8 Å². The molecule has 0 bridgehead atoms. The van der Waals surface area contributed by atoms with E-state index in [0.29, 0.717) is 11.8 Å². The smallest absolute Gasteiger partial charge is 0.0892 e. The van der Waals surface area contributed by atoms with Crippen molar-refractivity contribution < 1.29 is 4.21 Å². The topological polar surface area (TPSA) is 29.1 Å². The molecule has 0 spiro atoms. The Kier molecular flexibility index (Phi) is 3.62. The van der Waals surface area contributed by atoms with E-state index < -0.39 is 10.8 Å². The normalized spacial score (nSPS) is 16.6. The molecule has 2 nitrogen and oxygen atoms in total. The molecule has 1 heterocycles. The summed E-state index contributed by atoms with van der Waals surface area (Å²) in [6.45, 7) is 8.66.